The lowest BCUT2D eigenvalue weighted by Crippen LogP contribution is -2.26. The number of hydrogen-bond acceptors (Lipinski definition) is 4. The van der Waals surface area contributed by atoms with Gasteiger partial charge in [-0.25, -0.2) is 4.98 Å². The molecule has 0 unspecified atom stereocenters. The molecule has 0 atom stereocenters. The molecule has 26 heavy (non-hydrogen) atoms. The molecule has 3 aromatic rings. The molecule has 0 aliphatic heterocycles. The Morgan fingerprint density at radius 1 is 0.962 bits per heavy atom. The minimum Gasteiger partial charge on any atom is -0.468 e. The molecule has 132 valence electrons. The first-order valence-electron chi connectivity index (χ1n) is 8.20. The summed E-state index contributed by atoms with van der Waals surface area (Å²) in [4.78, 5) is 18.3. The van der Waals surface area contributed by atoms with Gasteiger partial charge in [0.2, 0.25) is 0 Å². The molecule has 2 aromatic carbocycles. The van der Waals surface area contributed by atoms with Crippen molar-refractivity contribution in [2.75, 3.05) is 25.9 Å². The molecular weight excluding hydrogens is 328 g/mol. The first-order chi connectivity index (χ1) is 12.7. The highest BCUT2D eigenvalue weighted by atomic mass is 16.7. The SMILES string of the molecule is COCOc1ccc(-c2ccc(C(=O)N(C)c3ccccn3)cc2)cc1. The van der Waals surface area contributed by atoms with Gasteiger partial charge >= 0.3 is 0 Å². The smallest absolute Gasteiger partial charge is 0.259 e. The van der Waals surface area contributed by atoms with Gasteiger partial charge in [-0.3, -0.25) is 9.69 Å². The molecule has 3 rings (SSSR count). The van der Waals surface area contributed by atoms with Crippen molar-refractivity contribution >= 4 is 11.7 Å². The molecule has 1 heterocycles. The molecule has 5 heteroatoms. The average Bonchev–Trinajstić information content (AvgIpc) is 2.72. The molecule has 0 aliphatic carbocycles. The van der Waals surface area contributed by atoms with Gasteiger partial charge in [0.05, 0.1) is 0 Å². The third-order valence-corrected chi connectivity index (χ3v) is 3.96. The van der Waals surface area contributed by atoms with E-state index in [1.807, 2.05) is 60.7 Å². The first kappa shape index (κ1) is 17.6. The van der Waals surface area contributed by atoms with Gasteiger partial charge in [-0.05, 0) is 47.5 Å². The van der Waals surface area contributed by atoms with Crippen molar-refractivity contribution in [1.82, 2.24) is 4.98 Å². The molecule has 0 spiro atoms. The summed E-state index contributed by atoms with van der Waals surface area (Å²) in [6, 6.07) is 20.7. The third kappa shape index (κ3) is 4.07. The molecule has 0 N–H and O–H groups in total. The molecule has 0 bridgehead atoms. The number of pyridine rings is 1. The van der Waals surface area contributed by atoms with E-state index in [0.29, 0.717) is 11.4 Å². The van der Waals surface area contributed by atoms with Gasteiger partial charge in [0.25, 0.3) is 5.91 Å². The van der Waals surface area contributed by atoms with Crippen molar-refractivity contribution < 1.29 is 14.3 Å². The molecule has 0 fully saturated rings. The second-order valence-electron chi connectivity index (χ2n) is 5.70. The predicted molar refractivity (Wildman–Crippen MR) is 101 cm³/mol. The minimum absolute atomic E-state index is 0.0986. The molecular formula is C21H20N2O3. The van der Waals surface area contributed by atoms with Gasteiger partial charge in [-0.15, -0.1) is 0 Å². The number of rotatable bonds is 6. The zero-order chi connectivity index (χ0) is 18.4. The van der Waals surface area contributed by atoms with Crippen LogP contribution in [0.25, 0.3) is 11.1 Å². The van der Waals surface area contributed by atoms with Crippen molar-refractivity contribution in [2.24, 2.45) is 0 Å². The standard InChI is InChI=1S/C21H20N2O3/c1-23(20-5-3-4-14-22-20)21(24)18-8-6-16(7-9-18)17-10-12-19(13-11-17)26-15-25-2/h3-14H,15H2,1-2H3. The van der Waals surface area contributed by atoms with Crippen molar-refractivity contribution in [3.8, 4) is 16.9 Å². The Kier molecular flexibility index (Phi) is 5.61. The number of hydrogen-bond donors (Lipinski definition) is 0. The van der Waals surface area contributed by atoms with E-state index in [2.05, 4.69) is 4.98 Å². The maximum atomic E-state index is 12.6. The molecule has 0 saturated heterocycles. The van der Waals surface area contributed by atoms with E-state index in [1.54, 1.807) is 26.4 Å². The van der Waals surface area contributed by atoms with Crippen LogP contribution in [-0.4, -0.2) is 31.8 Å². The quantitative estimate of drug-likeness (QED) is 0.632. The number of aromatic nitrogens is 1. The van der Waals surface area contributed by atoms with Crippen molar-refractivity contribution in [2.45, 2.75) is 0 Å². The Hall–Kier alpha value is -3.18. The average molecular weight is 348 g/mol. The Morgan fingerprint density at radius 3 is 2.19 bits per heavy atom. The first-order valence-corrected chi connectivity index (χ1v) is 8.20. The number of amides is 1. The Labute approximate surface area is 152 Å². The van der Waals surface area contributed by atoms with E-state index < -0.39 is 0 Å². The molecule has 0 radical (unpaired) electrons. The highest BCUT2D eigenvalue weighted by molar-refractivity contribution is 6.05. The van der Waals surface area contributed by atoms with Gasteiger partial charge in [-0.1, -0.05) is 30.3 Å². The number of carbonyl (C=O) groups is 1. The van der Waals surface area contributed by atoms with Crippen LogP contribution in [0.5, 0.6) is 5.75 Å². The fourth-order valence-electron chi connectivity index (χ4n) is 2.53. The van der Waals surface area contributed by atoms with Crippen LogP contribution in [0.2, 0.25) is 0 Å². The second-order valence-corrected chi connectivity index (χ2v) is 5.70. The zero-order valence-electron chi connectivity index (χ0n) is 14.8. The number of benzene rings is 2. The lowest BCUT2D eigenvalue weighted by atomic mass is 10.0. The van der Waals surface area contributed by atoms with Crippen molar-refractivity contribution in [3.05, 3.63) is 78.5 Å². The molecule has 0 saturated carbocycles. The summed E-state index contributed by atoms with van der Waals surface area (Å²) in [6.45, 7) is 0.222. The fourth-order valence-corrected chi connectivity index (χ4v) is 2.53. The highest BCUT2D eigenvalue weighted by Gasteiger charge is 2.14. The maximum absolute atomic E-state index is 12.6. The molecule has 1 amide bonds. The van der Waals surface area contributed by atoms with E-state index in [0.717, 1.165) is 16.9 Å². The number of methoxy groups -OCH3 is 1. The van der Waals surface area contributed by atoms with Crippen LogP contribution >= 0.6 is 0 Å². The summed E-state index contributed by atoms with van der Waals surface area (Å²) >= 11 is 0. The lowest BCUT2D eigenvalue weighted by Gasteiger charge is -2.16. The van der Waals surface area contributed by atoms with Gasteiger partial charge in [0.1, 0.15) is 11.6 Å². The van der Waals surface area contributed by atoms with E-state index in [1.165, 1.54) is 4.90 Å². The lowest BCUT2D eigenvalue weighted by molar-refractivity contribution is 0.0511. The number of ether oxygens (including phenoxy) is 2. The highest BCUT2D eigenvalue weighted by Crippen LogP contribution is 2.23. The largest absolute Gasteiger partial charge is 0.468 e. The van der Waals surface area contributed by atoms with Gasteiger partial charge < -0.3 is 9.47 Å². The molecule has 1 aromatic heterocycles. The van der Waals surface area contributed by atoms with Crippen LogP contribution in [0.3, 0.4) is 0 Å². The van der Waals surface area contributed by atoms with Crippen molar-refractivity contribution in [1.29, 1.82) is 0 Å². The maximum Gasteiger partial charge on any atom is 0.259 e. The second kappa shape index (κ2) is 8.27. The monoisotopic (exact) mass is 348 g/mol. The Bertz CT molecular complexity index is 847. The van der Waals surface area contributed by atoms with E-state index in [9.17, 15) is 4.79 Å². The van der Waals surface area contributed by atoms with Crippen LogP contribution in [0.15, 0.2) is 72.9 Å². The summed E-state index contributed by atoms with van der Waals surface area (Å²) in [7, 11) is 3.31. The van der Waals surface area contributed by atoms with Gasteiger partial charge in [0, 0.05) is 25.9 Å². The van der Waals surface area contributed by atoms with E-state index in [-0.39, 0.29) is 12.7 Å². The van der Waals surface area contributed by atoms with Crippen LogP contribution in [0.4, 0.5) is 5.82 Å². The Morgan fingerprint density at radius 2 is 1.62 bits per heavy atom. The van der Waals surface area contributed by atoms with Crippen LogP contribution in [0.1, 0.15) is 10.4 Å². The van der Waals surface area contributed by atoms with E-state index in [4.69, 9.17) is 9.47 Å². The van der Waals surface area contributed by atoms with Crippen LogP contribution in [0, 0.1) is 0 Å². The fraction of sp³-hybridized carbons (Fsp3) is 0.143. The van der Waals surface area contributed by atoms with Crippen LogP contribution < -0.4 is 9.64 Å². The van der Waals surface area contributed by atoms with E-state index >= 15 is 0 Å². The Balaban J connectivity index is 1.73. The minimum atomic E-state index is -0.0986. The summed E-state index contributed by atoms with van der Waals surface area (Å²) in [6.07, 6.45) is 1.67. The number of nitrogens with zero attached hydrogens (tertiary/aromatic N) is 2. The topological polar surface area (TPSA) is 51.7 Å². The van der Waals surface area contributed by atoms with Crippen LogP contribution in [-0.2, 0) is 4.74 Å². The summed E-state index contributed by atoms with van der Waals surface area (Å²) in [5.74, 6) is 1.27. The number of anilines is 1. The zero-order valence-corrected chi connectivity index (χ0v) is 14.8. The van der Waals surface area contributed by atoms with Gasteiger partial charge in [0.15, 0.2) is 6.79 Å². The summed E-state index contributed by atoms with van der Waals surface area (Å²) in [5.41, 5.74) is 2.69. The van der Waals surface area contributed by atoms with Crippen molar-refractivity contribution in [3.63, 3.8) is 0 Å². The molecule has 0 aliphatic rings. The summed E-state index contributed by atoms with van der Waals surface area (Å²) in [5, 5.41) is 0. The van der Waals surface area contributed by atoms with Gasteiger partial charge in [-0.2, -0.15) is 0 Å². The normalized spacial score (nSPS) is 10.4. The number of carbonyl (C=O) groups excluding carboxylic acids is 1. The third-order valence-electron chi connectivity index (χ3n) is 3.96. The predicted octanol–water partition coefficient (Wildman–Crippen LogP) is 4.01. The summed E-state index contributed by atoms with van der Waals surface area (Å²) < 4.78 is 10.3. The molecule has 5 nitrogen and oxygen atoms in total.